The number of hydrogen-bond donors (Lipinski definition) is 1. The standard InChI is InChI=1S/C23H28N4O/c1-17-12-15-27(22(28)9-8-18-6-4-3-5-7-18)16-21(17)26(2)20-11-14-25-23-19(20)10-13-24-23/h3-7,10-11,13-14,17,21H,8-9,12,15-16H2,1-2H3,(H,24,25)/t17-,21?/m1/s1. The van der Waals surface area contributed by atoms with Crippen LogP contribution in [0.2, 0.25) is 0 Å². The molecule has 0 bridgehead atoms. The Labute approximate surface area is 166 Å². The predicted molar refractivity (Wildman–Crippen MR) is 113 cm³/mol. The van der Waals surface area contributed by atoms with Crippen LogP contribution in [0.5, 0.6) is 0 Å². The van der Waals surface area contributed by atoms with Crippen molar-refractivity contribution >= 4 is 22.6 Å². The summed E-state index contributed by atoms with van der Waals surface area (Å²) in [5.74, 6) is 0.793. The number of anilines is 1. The number of aromatic nitrogens is 2. The number of carbonyl (C=O) groups is 1. The Bertz CT molecular complexity index is 936. The van der Waals surface area contributed by atoms with Crippen molar-refractivity contribution in [3.05, 3.63) is 60.4 Å². The second-order valence-electron chi connectivity index (χ2n) is 7.84. The lowest BCUT2D eigenvalue weighted by Crippen LogP contribution is -2.52. The largest absolute Gasteiger partial charge is 0.369 e. The van der Waals surface area contributed by atoms with E-state index in [0.29, 0.717) is 18.4 Å². The van der Waals surface area contributed by atoms with Gasteiger partial charge in [-0.25, -0.2) is 4.98 Å². The Hall–Kier alpha value is -2.82. The van der Waals surface area contributed by atoms with Crippen LogP contribution in [0.1, 0.15) is 25.3 Å². The number of aromatic amines is 1. The lowest BCUT2D eigenvalue weighted by Gasteiger charge is -2.42. The molecule has 2 aromatic heterocycles. The normalized spacial score (nSPS) is 19.7. The number of fused-ring (bicyclic) bond motifs is 1. The number of nitrogens with one attached hydrogen (secondary N) is 1. The zero-order chi connectivity index (χ0) is 19.5. The predicted octanol–water partition coefficient (Wildman–Crippen LogP) is 3.87. The molecule has 0 spiro atoms. The number of benzene rings is 1. The molecule has 4 rings (SSSR count). The van der Waals surface area contributed by atoms with Gasteiger partial charge in [-0.1, -0.05) is 37.3 Å². The molecule has 5 nitrogen and oxygen atoms in total. The second kappa shape index (κ2) is 8.05. The lowest BCUT2D eigenvalue weighted by molar-refractivity contribution is -0.132. The van der Waals surface area contributed by atoms with Crippen molar-refractivity contribution in [1.82, 2.24) is 14.9 Å². The van der Waals surface area contributed by atoms with Crippen molar-refractivity contribution < 1.29 is 4.79 Å². The summed E-state index contributed by atoms with van der Waals surface area (Å²) in [4.78, 5) is 24.8. The van der Waals surface area contributed by atoms with Gasteiger partial charge in [0.25, 0.3) is 0 Å². The fourth-order valence-corrected chi connectivity index (χ4v) is 4.27. The number of nitrogens with zero attached hydrogens (tertiary/aromatic N) is 3. The summed E-state index contributed by atoms with van der Waals surface area (Å²) < 4.78 is 0. The van der Waals surface area contributed by atoms with Crippen molar-refractivity contribution in [1.29, 1.82) is 0 Å². The van der Waals surface area contributed by atoms with E-state index in [1.807, 2.05) is 30.6 Å². The number of carbonyl (C=O) groups excluding carboxylic acids is 1. The molecule has 1 aliphatic rings. The fourth-order valence-electron chi connectivity index (χ4n) is 4.27. The highest BCUT2D eigenvalue weighted by atomic mass is 16.2. The van der Waals surface area contributed by atoms with E-state index in [1.54, 1.807) is 0 Å². The van der Waals surface area contributed by atoms with Crippen LogP contribution in [-0.4, -0.2) is 47.0 Å². The van der Waals surface area contributed by atoms with Gasteiger partial charge in [-0.15, -0.1) is 0 Å². The molecular formula is C23H28N4O. The van der Waals surface area contributed by atoms with Crippen LogP contribution in [0, 0.1) is 5.92 Å². The molecule has 1 amide bonds. The number of hydrogen-bond acceptors (Lipinski definition) is 3. The van der Waals surface area contributed by atoms with Gasteiger partial charge in [0.1, 0.15) is 5.65 Å². The van der Waals surface area contributed by atoms with Crippen LogP contribution in [0.15, 0.2) is 54.9 Å². The summed E-state index contributed by atoms with van der Waals surface area (Å²) in [7, 11) is 2.14. The smallest absolute Gasteiger partial charge is 0.222 e. The third kappa shape index (κ3) is 3.75. The average Bonchev–Trinajstić information content (AvgIpc) is 3.21. The van der Waals surface area contributed by atoms with Gasteiger partial charge >= 0.3 is 0 Å². The summed E-state index contributed by atoms with van der Waals surface area (Å²) in [6.45, 7) is 3.93. The SMILES string of the molecule is C[C@@H]1CCN(C(=O)CCc2ccccc2)CC1N(C)c1ccnc2[nH]ccc12. The van der Waals surface area contributed by atoms with Gasteiger partial charge in [0, 0.05) is 56.1 Å². The van der Waals surface area contributed by atoms with Crippen LogP contribution >= 0.6 is 0 Å². The van der Waals surface area contributed by atoms with Crippen molar-refractivity contribution in [2.24, 2.45) is 5.92 Å². The highest BCUT2D eigenvalue weighted by molar-refractivity contribution is 5.89. The quantitative estimate of drug-likeness (QED) is 0.735. The molecule has 2 atom stereocenters. The zero-order valence-electron chi connectivity index (χ0n) is 16.6. The van der Waals surface area contributed by atoms with Crippen LogP contribution in [0.4, 0.5) is 5.69 Å². The molecule has 3 aromatic rings. The van der Waals surface area contributed by atoms with Crippen LogP contribution < -0.4 is 4.90 Å². The molecule has 0 aliphatic carbocycles. The molecule has 0 saturated carbocycles. The monoisotopic (exact) mass is 376 g/mol. The van der Waals surface area contributed by atoms with Crippen molar-refractivity contribution in [3.8, 4) is 0 Å². The molecule has 5 heteroatoms. The van der Waals surface area contributed by atoms with Crippen LogP contribution in [0.3, 0.4) is 0 Å². The topological polar surface area (TPSA) is 52.2 Å². The summed E-state index contributed by atoms with van der Waals surface area (Å²) >= 11 is 0. The average molecular weight is 377 g/mol. The van der Waals surface area contributed by atoms with Gasteiger partial charge in [0.05, 0.1) is 0 Å². The first kappa shape index (κ1) is 18.5. The first-order valence-corrected chi connectivity index (χ1v) is 10.1. The van der Waals surface area contributed by atoms with Crippen molar-refractivity contribution in [2.45, 2.75) is 32.2 Å². The maximum atomic E-state index is 12.8. The minimum atomic E-state index is 0.260. The number of likely N-dealkylation sites (tertiary alicyclic amines) is 1. The Morgan fingerprint density at radius 1 is 1.25 bits per heavy atom. The number of amides is 1. The Morgan fingerprint density at radius 3 is 2.89 bits per heavy atom. The maximum Gasteiger partial charge on any atom is 0.222 e. The first-order chi connectivity index (χ1) is 13.6. The Kier molecular flexibility index (Phi) is 5.33. The first-order valence-electron chi connectivity index (χ1n) is 10.1. The minimum absolute atomic E-state index is 0.260. The Balaban J connectivity index is 1.45. The molecule has 1 fully saturated rings. The molecule has 1 unspecified atom stereocenters. The highest BCUT2D eigenvalue weighted by Gasteiger charge is 2.32. The summed E-state index contributed by atoms with van der Waals surface area (Å²) in [5, 5.41) is 1.13. The van der Waals surface area contributed by atoms with Gasteiger partial charge in [-0.05, 0) is 36.5 Å². The summed E-state index contributed by atoms with van der Waals surface area (Å²) in [6, 6.07) is 14.7. The van der Waals surface area contributed by atoms with E-state index in [-0.39, 0.29) is 5.91 Å². The van der Waals surface area contributed by atoms with Gasteiger partial charge < -0.3 is 14.8 Å². The summed E-state index contributed by atoms with van der Waals surface area (Å²) in [6.07, 6.45) is 6.19. The molecule has 0 radical (unpaired) electrons. The van der Waals surface area contributed by atoms with E-state index in [9.17, 15) is 4.79 Å². The van der Waals surface area contributed by atoms with Crippen LogP contribution in [-0.2, 0) is 11.2 Å². The van der Waals surface area contributed by atoms with E-state index in [1.165, 1.54) is 11.3 Å². The minimum Gasteiger partial charge on any atom is -0.369 e. The number of aryl methyl sites for hydroxylation is 1. The molecule has 3 heterocycles. The van der Waals surface area contributed by atoms with Crippen molar-refractivity contribution in [3.63, 3.8) is 0 Å². The number of rotatable bonds is 5. The molecule has 1 saturated heterocycles. The second-order valence-corrected chi connectivity index (χ2v) is 7.84. The van der Waals surface area contributed by atoms with Gasteiger partial charge in [-0.3, -0.25) is 4.79 Å². The molecule has 146 valence electrons. The molecule has 1 aliphatic heterocycles. The third-order valence-electron chi connectivity index (χ3n) is 6.06. The van der Waals surface area contributed by atoms with E-state index >= 15 is 0 Å². The van der Waals surface area contributed by atoms with Gasteiger partial charge in [0.2, 0.25) is 5.91 Å². The van der Waals surface area contributed by atoms with E-state index in [4.69, 9.17) is 0 Å². The molecule has 1 aromatic carbocycles. The lowest BCUT2D eigenvalue weighted by atomic mass is 9.91. The van der Waals surface area contributed by atoms with Crippen LogP contribution in [0.25, 0.3) is 11.0 Å². The number of pyridine rings is 1. The zero-order valence-corrected chi connectivity index (χ0v) is 16.6. The third-order valence-corrected chi connectivity index (χ3v) is 6.06. The number of likely N-dealkylation sites (N-methyl/N-ethyl adjacent to an activating group) is 1. The summed E-state index contributed by atoms with van der Waals surface area (Å²) in [5.41, 5.74) is 3.30. The molecule has 28 heavy (non-hydrogen) atoms. The molecule has 1 N–H and O–H groups in total. The van der Waals surface area contributed by atoms with E-state index in [2.05, 4.69) is 58.0 Å². The van der Waals surface area contributed by atoms with E-state index < -0.39 is 0 Å². The number of H-pyrrole nitrogens is 1. The Morgan fingerprint density at radius 2 is 2.07 bits per heavy atom. The highest BCUT2D eigenvalue weighted by Crippen LogP contribution is 2.30. The maximum absolute atomic E-state index is 12.8. The van der Waals surface area contributed by atoms with Gasteiger partial charge in [-0.2, -0.15) is 0 Å². The number of piperidine rings is 1. The van der Waals surface area contributed by atoms with Gasteiger partial charge in [0.15, 0.2) is 0 Å². The van der Waals surface area contributed by atoms with E-state index in [0.717, 1.165) is 37.0 Å². The van der Waals surface area contributed by atoms with Crippen molar-refractivity contribution in [2.75, 3.05) is 25.0 Å². The fraction of sp³-hybridized carbons (Fsp3) is 0.391. The molecular weight excluding hydrogens is 348 g/mol.